The van der Waals surface area contributed by atoms with Gasteiger partial charge in [-0.25, -0.2) is 0 Å². The van der Waals surface area contributed by atoms with Crippen LogP contribution in [0.25, 0.3) is 0 Å². The minimum atomic E-state index is 0.0298. The summed E-state index contributed by atoms with van der Waals surface area (Å²) in [6.07, 6.45) is 0. The van der Waals surface area contributed by atoms with Gasteiger partial charge >= 0.3 is 0 Å². The summed E-state index contributed by atoms with van der Waals surface area (Å²) in [6.45, 7) is 4.16. The molecule has 0 spiro atoms. The lowest BCUT2D eigenvalue weighted by Gasteiger charge is -2.06. The second-order valence-electron chi connectivity index (χ2n) is 4.64. The van der Waals surface area contributed by atoms with E-state index in [2.05, 4.69) is 29.8 Å². The molecule has 0 bridgehead atoms. The Hall–Kier alpha value is -1.04. The second-order valence-corrected chi connectivity index (χ2v) is 5.97. The van der Waals surface area contributed by atoms with Gasteiger partial charge in [-0.15, -0.1) is 10.2 Å². The second kappa shape index (κ2) is 6.41. The van der Waals surface area contributed by atoms with Crippen LogP contribution in [-0.2, 0) is 5.75 Å². The molecular weight excluding hydrogens is 282 g/mol. The van der Waals surface area contributed by atoms with Gasteiger partial charge < -0.3 is 10.2 Å². The van der Waals surface area contributed by atoms with Crippen molar-refractivity contribution in [3.05, 3.63) is 40.7 Å². The number of quaternary nitrogens is 1. The Morgan fingerprint density at radius 3 is 2.74 bits per heavy atom. The molecule has 1 aromatic heterocycles. The summed E-state index contributed by atoms with van der Waals surface area (Å²) in [5, 5.41) is 9.38. The van der Waals surface area contributed by atoms with Crippen molar-refractivity contribution in [3.8, 4) is 0 Å². The minimum absolute atomic E-state index is 0.0298. The molecular formula is C13H17ClN3OS+. The lowest BCUT2D eigenvalue weighted by atomic mass is 10.1. The fraction of sp³-hybridized carbons (Fsp3) is 0.385. The standard InChI is InChI=1S/C13H16ClN3OS/c1-8(2)11(15)12-16-17-13(18-12)19-7-9-5-3-4-6-10(9)14/h3-6,8,11H,7,15H2,1-2H3/p+1. The van der Waals surface area contributed by atoms with Crippen LogP contribution in [0.15, 0.2) is 33.9 Å². The molecule has 4 nitrogen and oxygen atoms in total. The van der Waals surface area contributed by atoms with E-state index in [0.717, 1.165) is 10.6 Å². The van der Waals surface area contributed by atoms with Crippen molar-refractivity contribution >= 4 is 23.4 Å². The van der Waals surface area contributed by atoms with Gasteiger partial charge in [0.15, 0.2) is 6.04 Å². The molecule has 0 aliphatic carbocycles. The number of benzene rings is 1. The zero-order chi connectivity index (χ0) is 13.8. The van der Waals surface area contributed by atoms with Crippen molar-refractivity contribution in [1.29, 1.82) is 0 Å². The number of thioether (sulfide) groups is 1. The molecule has 0 radical (unpaired) electrons. The third-order valence-electron chi connectivity index (χ3n) is 2.85. The minimum Gasteiger partial charge on any atom is -0.410 e. The summed E-state index contributed by atoms with van der Waals surface area (Å²) in [6, 6.07) is 7.78. The lowest BCUT2D eigenvalue weighted by Crippen LogP contribution is -2.56. The normalized spacial score (nSPS) is 12.9. The van der Waals surface area contributed by atoms with E-state index >= 15 is 0 Å². The highest BCUT2D eigenvalue weighted by atomic mass is 35.5. The number of halogens is 1. The van der Waals surface area contributed by atoms with E-state index < -0.39 is 0 Å². The molecule has 0 aliphatic rings. The zero-order valence-electron chi connectivity index (χ0n) is 11.0. The van der Waals surface area contributed by atoms with Gasteiger partial charge in [0.25, 0.3) is 11.1 Å². The van der Waals surface area contributed by atoms with Crippen LogP contribution in [-0.4, -0.2) is 10.2 Å². The first-order valence-corrected chi connectivity index (χ1v) is 7.47. The molecule has 19 heavy (non-hydrogen) atoms. The van der Waals surface area contributed by atoms with Gasteiger partial charge in [-0.05, 0) is 11.6 Å². The molecule has 2 aromatic rings. The summed E-state index contributed by atoms with van der Waals surface area (Å²) in [7, 11) is 0. The molecule has 0 aliphatic heterocycles. The third kappa shape index (κ3) is 3.72. The summed E-state index contributed by atoms with van der Waals surface area (Å²) >= 11 is 7.58. The highest BCUT2D eigenvalue weighted by Crippen LogP contribution is 2.27. The van der Waals surface area contributed by atoms with Gasteiger partial charge in [0.2, 0.25) is 0 Å². The van der Waals surface area contributed by atoms with Crippen molar-refractivity contribution in [3.63, 3.8) is 0 Å². The SMILES string of the molecule is CC(C)C([NH3+])c1nnc(SCc2ccccc2Cl)o1. The molecule has 1 heterocycles. The Balaban J connectivity index is 1.99. The zero-order valence-corrected chi connectivity index (χ0v) is 12.5. The van der Waals surface area contributed by atoms with E-state index in [4.69, 9.17) is 16.0 Å². The number of rotatable bonds is 5. The maximum absolute atomic E-state index is 6.10. The quantitative estimate of drug-likeness (QED) is 0.862. The lowest BCUT2D eigenvalue weighted by molar-refractivity contribution is -0.443. The van der Waals surface area contributed by atoms with Crippen LogP contribution in [0.5, 0.6) is 0 Å². The summed E-state index contributed by atoms with van der Waals surface area (Å²) in [4.78, 5) is 0. The van der Waals surface area contributed by atoms with E-state index in [1.54, 1.807) is 0 Å². The van der Waals surface area contributed by atoms with Crippen LogP contribution in [0, 0.1) is 5.92 Å². The third-order valence-corrected chi connectivity index (χ3v) is 4.09. The average Bonchev–Trinajstić information content (AvgIpc) is 2.85. The van der Waals surface area contributed by atoms with E-state index in [-0.39, 0.29) is 6.04 Å². The van der Waals surface area contributed by atoms with Crippen molar-refractivity contribution in [1.82, 2.24) is 10.2 Å². The molecule has 2 rings (SSSR count). The smallest absolute Gasteiger partial charge is 0.277 e. The predicted molar refractivity (Wildman–Crippen MR) is 75.8 cm³/mol. The Morgan fingerprint density at radius 1 is 1.32 bits per heavy atom. The largest absolute Gasteiger partial charge is 0.410 e. The van der Waals surface area contributed by atoms with Crippen LogP contribution in [0.4, 0.5) is 0 Å². The van der Waals surface area contributed by atoms with Crippen molar-refractivity contribution < 1.29 is 10.2 Å². The van der Waals surface area contributed by atoms with Gasteiger partial charge in [-0.1, -0.05) is 55.4 Å². The van der Waals surface area contributed by atoms with Crippen LogP contribution in [0.1, 0.15) is 31.3 Å². The van der Waals surface area contributed by atoms with E-state index in [1.165, 1.54) is 11.8 Å². The molecule has 102 valence electrons. The first-order chi connectivity index (χ1) is 9.08. The molecule has 0 fully saturated rings. The number of hydrogen-bond donors (Lipinski definition) is 1. The number of aromatic nitrogens is 2. The van der Waals surface area contributed by atoms with E-state index in [9.17, 15) is 0 Å². The Kier molecular flexibility index (Phi) is 4.85. The molecule has 3 N–H and O–H groups in total. The van der Waals surface area contributed by atoms with Gasteiger partial charge in [-0.2, -0.15) is 0 Å². The topological polar surface area (TPSA) is 66.6 Å². The first kappa shape index (κ1) is 14.4. The van der Waals surface area contributed by atoms with Crippen molar-refractivity contribution in [2.24, 2.45) is 5.92 Å². The molecule has 0 saturated heterocycles. The average molecular weight is 299 g/mol. The van der Waals surface area contributed by atoms with Gasteiger partial charge in [0.05, 0.1) is 0 Å². The van der Waals surface area contributed by atoms with E-state index in [1.807, 2.05) is 24.3 Å². The van der Waals surface area contributed by atoms with Gasteiger partial charge in [0, 0.05) is 16.7 Å². The fourth-order valence-corrected chi connectivity index (χ4v) is 2.52. The molecule has 1 aromatic carbocycles. The van der Waals surface area contributed by atoms with Crippen molar-refractivity contribution in [2.75, 3.05) is 0 Å². The van der Waals surface area contributed by atoms with Gasteiger partial charge in [-0.3, -0.25) is 0 Å². The van der Waals surface area contributed by atoms with Crippen LogP contribution in [0.3, 0.4) is 0 Å². The molecule has 0 saturated carbocycles. The molecule has 1 atom stereocenters. The Bertz CT molecular complexity index is 544. The first-order valence-electron chi connectivity index (χ1n) is 6.10. The monoisotopic (exact) mass is 298 g/mol. The molecule has 0 amide bonds. The molecule has 6 heteroatoms. The Morgan fingerprint density at radius 2 is 2.05 bits per heavy atom. The van der Waals surface area contributed by atoms with Crippen LogP contribution in [0.2, 0.25) is 5.02 Å². The summed E-state index contributed by atoms with van der Waals surface area (Å²) < 4.78 is 5.60. The number of nitrogens with zero attached hydrogens (tertiary/aromatic N) is 2. The Labute approximate surface area is 121 Å². The van der Waals surface area contributed by atoms with Crippen molar-refractivity contribution in [2.45, 2.75) is 30.9 Å². The maximum atomic E-state index is 6.10. The summed E-state index contributed by atoms with van der Waals surface area (Å²) in [5.74, 6) is 1.68. The summed E-state index contributed by atoms with van der Waals surface area (Å²) in [5.41, 5.74) is 5.09. The predicted octanol–water partition coefficient (Wildman–Crippen LogP) is 2.95. The van der Waals surface area contributed by atoms with Gasteiger partial charge in [0.1, 0.15) is 0 Å². The highest BCUT2D eigenvalue weighted by molar-refractivity contribution is 7.98. The molecule has 1 unspecified atom stereocenters. The van der Waals surface area contributed by atoms with Crippen LogP contribution < -0.4 is 5.73 Å². The number of hydrogen-bond acceptors (Lipinski definition) is 4. The highest BCUT2D eigenvalue weighted by Gasteiger charge is 2.21. The maximum Gasteiger partial charge on any atom is 0.277 e. The fourth-order valence-electron chi connectivity index (χ4n) is 1.47. The van der Waals surface area contributed by atoms with E-state index in [0.29, 0.717) is 22.8 Å². The van der Waals surface area contributed by atoms with Crippen LogP contribution >= 0.6 is 23.4 Å².